The Balaban J connectivity index is 0.000000106. The molecule has 0 saturated carbocycles. The van der Waals surface area contributed by atoms with Crippen LogP contribution in [0.4, 0.5) is 0 Å². The van der Waals surface area contributed by atoms with E-state index in [1.54, 1.807) is 24.8 Å². The highest BCUT2D eigenvalue weighted by atomic mass is 16.3. The minimum absolute atomic E-state index is 0.915. The Morgan fingerprint density at radius 2 is 0.615 bits per heavy atom. The van der Waals surface area contributed by atoms with Crippen LogP contribution in [0.15, 0.2) is 337 Å². The lowest BCUT2D eigenvalue weighted by atomic mass is 9.89. The van der Waals surface area contributed by atoms with Crippen LogP contribution in [0.25, 0.3) is 220 Å². The average molecular weight is 1500 g/mol. The van der Waals surface area contributed by atoms with Crippen LogP contribution >= 0.6 is 0 Å². The largest absolute Gasteiger partial charge is 0.456 e. The zero-order chi connectivity index (χ0) is 78.3. The van der Waals surface area contributed by atoms with Gasteiger partial charge in [-0.3, -0.25) is 24.9 Å². The third-order valence-electron chi connectivity index (χ3n) is 24.2. The summed E-state index contributed by atoms with van der Waals surface area (Å²) in [5, 5.41) is 18.6. The van der Waals surface area contributed by atoms with E-state index in [-0.39, 0.29) is 0 Å². The first-order valence-electron chi connectivity index (χ1n) is 40.0. The lowest BCUT2D eigenvalue weighted by molar-refractivity contribution is 0.662. The molecule has 0 unspecified atom stereocenters. The van der Waals surface area contributed by atoms with Gasteiger partial charge in [-0.1, -0.05) is 231 Å². The Labute approximate surface area is 674 Å². The summed E-state index contributed by atoms with van der Waals surface area (Å²) in [4.78, 5) is 28.5. The third kappa shape index (κ3) is 11.5. The van der Waals surface area contributed by atoms with Gasteiger partial charge in [0.25, 0.3) is 0 Å². The van der Waals surface area contributed by atoms with Crippen LogP contribution in [0.5, 0.6) is 0 Å². The van der Waals surface area contributed by atoms with Crippen LogP contribution in [0, 0.1) is 41.5 Å². The fourth-order valence-corrected chi connectivity index (χ4v) is 18.8. The maximum absolute atomic E-state index is 6.39. The van der Waals surface area contributed by atoms with E-state index < -0.39 is 0 Å². The SMILES string of the molecule is Cc1cc(C)c2oc3c(C)cc(-c4ccccc4-c4ccc5c(c4)c4ccccc4c4nccnc54)cc3c2c1.Cc1cccc2c1Cc1c(C)cc(-c3ccccc3-c3ccc4c(c3)c3ccccc3c3nccnc43)cc1-2.Cc1cnc2c3ccccc3c3cc(-c4cccc(-c5ccc6oc7ccccc7c6c5)c4)ccc3c2n1. The summed E-state index contributed by atoms with van der Waals surface area (Å²) in [7, 11) is 0. The van der Waals surface area contributed by atoms with Crippen molar-refractivity contribution in [2.75, 3.05) is 0 Å². The second-order valence-corrected chi connectivity index (χ2v) is 31.4. The molecule has 552 valence electrons. The first kappa shape index (κ1) is 68.9. The molecule has 0 bridgehead atoms. The quantitative estimate of drug-likeness (QED) is 0.152. The minimum atomic E-state index is 0.915. The summed E-state index contributed by atoms with van der Waals surface area (Å²) in [6.45, 7) is 12.9. The molecular formula is C109H74N6O2. The smallest absolute Gasteiger partial charge is 0.138 e. The maximum atomic E-state index is 6.39. The molecule has 5 heterocycles. The monoisotopic (exact) mass is 1500 g/mol. The van der Waals surface area contributed by atoms with Crippen LogP contribution < -0.4 is 0 Å². The second kappa shape index (κ2) is 27.5. The number of aryl methyl sites for hydroxylation is 6. The number of hydrogen-bond donors (Lipinski definition) is 0. The summed E-state index contributed by atoms with van der Waals surface area (Å²) < 4.78 is 12.4. The van der Waals surface area contributed by atoms with Crippen LogP contribution in [-0.4, -0.2) is 29.9 Å². The minimum Gasteiger partial charge on any atom is -0.456 e. The number of benzene rings is 18. The summed E-state index contributed by atoms with van der Waals surface area (Å²) in [5.41, 5.74) is 36.9. The van der Waals surface area contributed by atoms with E-state index in [1.165, 1.54) is 154 Å². The van der Waals surface area contributed by atoms with Crippen LogP contribution in [0.2, 0.25) is 0 Å². The van der Waals surface area contributed by atoms with Gasteiger partial charge in [0.05, 0.1) is 38.8 Å². The summed E-state index contributed by atoms with van der Waals surface area (Å²) in [6, 6.07) is 107. The van der Waals surface area contributed by atoms with E-state index in [0.717, 1.165) is 116 Å². The van der Waals surface area contributed by atoms with Crippen LogP contribution in [-0.2, 0) is 6.42 Å². The molecule has 0 saturated heterocycles. The average Bonchev–Trinajstić information content (AvgIpc) is 1.67. The second-order valence-electron chi connectivity index (χ2n) is 31.4. The van der Waals surface area contributed by atoms with Crippen molar-refractivity contribution in [2.45, 2.75) is 48.0 Å². The molecule has 0 spiro atoms. The topological polar surface area (TPSA) is 104 Å². The van der Waals surface area contributed by atoms with Gasteiger partial charge in [-0.15, -0.1) is 0 Å². The number of fused-ring (bicyclic) bond motifs is 27. The van der Waals surface area contributed by atoms with Crippen molar-refractivity contribution in [1.82, 2.24) is 29.9 Å². The van der Waals surface area contributed by atoms with Crippen LogP contribution in [0.1, 0.15) is 44.6 Å². The number of para-hydroxylation sites is 1. The number of rotatable bonds is 6. The zero-order valence-electron chi connectivity index (χ0n) is 65.4. The van der Waals surface area contributed by atoms with E-state index in [4.69, 9.17) is 28.8 Å². The van der Waals surface area contributed by atoms with E-state index in [0.29, 0.717) is 0 Å². The van der Waals surface area contributed by atoms with E-state index in [2.05, 4.69) is 330 Å². The molecule has 0 radical (unpaired) electrons. The molecule has 0 fully saturated rings. The third-order valence-corrected chi connectivity index (χ3v) is 24.2. The molecule has 0 atom stereocenters. The van der Waals surface area contributed by atoms with Gasteiger partial charge in [-0.25, -0.2) is 4.98 Å². The molecule has 0 aliphatic heterocycles. The first-order chi connectivity index (χ1) is 57.5. The normalized spacial score (nSPS) is 12.0. The fourth-order valence-electron chi connectivity index (χ4n) is 18.8. The molecule has 0 amide bonds. The number of nitrogens with zero attached hydrogens (tertiary/aromatic N) is 6. The molecule has 8 heteroatoms. The van der Waals surface area contributed by atoms with Crippen LogP contribution in [0.3, 0.4) is 0 Å². The van der Waals surface area contributed by atoms with Gasteiger partial charge in [0.2, 0.25) is 0 Å². The molecule has 1 aliphatic carbocycles. The number of aromatic nitrogens is 6. The molecule has 117 heavy (non-hydrogen) atoms. The highest BCUT2D eigenvalue weighted by Crippen LogP contribution is 2.48. The molecule has 0 N–H and O–H groups in total. The first-order valence-corrected chi connectivity index (χ1v) is 40.0. The predicted molar refractivity (Wildman–Crippen MR) is 487 cm³/mol. The van der Waals surface area contributed by atoms with Crippen molar-refractivity contribution < 1.29 is 8.83 Å². The van der Waals surface area contributed by atoms with Crippen molar-refractivity contribution in [3.05, 3.63) is 373 Å². The highest BCUT2D eigenvalue weighted by molar-refractivity contribution is 6.26. The summed E-state index contributed by atoms with van der Waals surface area (Å²) >= 11 is 0. The van der Waals surface area contributed by atoms with Gasteiger partial charge in [0, 0.05) is 84.8 Å². The number of hydrogen-bond acceptors (Lipinski definition) is 8. The van der Waals surface area contributed by atoms with Gasteiger partial charge < -0.3 is 8.83 Å². The Bertz CT molecular complexity index is 8080. The van der Waals surface area contributed by atoms with Gasteiger partial charge >= 0.3 is 0 Å². The fraction of sp³-hybridized carbons (Fsp3) is 0.0642. The lowest BCUT2D eigenvalue weighted by Gasteiger charge is -2.15. The van der Waals surface area contributed by atoms with Crippen molar-refractivity contribution in [1.29, 1.82) is 0 Å². The highest BCUT2D eigenvalue weighted by Gasteiger charge is 2.25. The lowest BCUT2D eigenvalue weighted by Crippen LogP contribution is -1.92. The Morgan fingerprint density at radius 1 is 0.222 bits per heavy atom. The Hall–Kier alpha value is -14.9. The van der Waals surface area contributed by atoms with Gasteiger partial charge in [-0.05, 0) is 264 Å². The van der Waals surface area contributed by atoms with E-state index in [9.17, 15) is 0 Å². The summed E-state index contributed by atoms with van der Waals surface area (Å²) in [5.74, 6) is 0. The zero-order valence-corrected chi connectivity index (χ0v) is 65.4. The van der Waals surface area contributed by atoms with Crippen molar-refractivity contribution in [3.63, 3.8) is 0 Å². The Morgan fingerprint density at radius 3 is 1.20 bits per heavy atom. The molecule has 5 aromatic heterocycles. The standard InChI is InChI=1S/C37H26N2O.C37H26N2.C35H22N2O/c1-21-16-22(2)36-32(17-21)33-20-25(18-23(3)37(33)40-36)27-9-5-4-8-26(27)24-12-13-30-31(19-24)28-10-6-7-11-29(28)34-35(30)39-15-14-38-34;1-22-8-7-13-29-32(22)21-33-23(2)18-25(20-35(29)33)27-10-4-3-9-26(27)24-14-15-31-34(19-24)28-11-5-6-12-30(28)36-37(31)39-17-16-38-36;1-21-20-36-34-28-11-3-2-9-26(28)30-18-24(13-15-29(30)35(34)37-21)22-7-6-8-23(17-22)25-14-16-33-31(19-25)27-10-4-5-12-32(27)38-33/h4-20H,1-3H3;3-20H,21H2,1-2H3;2-20H,1H3. The molecule has 18 aromatic carbocycles. The van der Waals surface area contributed by atoms with Crippen molar-refractivity contribution in [3.8, 4) is 77.9 Å². The van der Waals surface area contributed by atoms with Crippen molar-refractivity contribution >= 4 is 142 Å². The molecule has 1 aliphatic rings. The van der Waals surface area contributed by atoms with Crippen molar-refractivity contribution in [2.24, 2.45) is 0 Å². The molecular weight excluding hydrogens is 1430 g/mol. The molecule has 8 nitrogen and oxygen atoms in total. The van der Waals surface area contributed by atoms with E-state index >= 15 is 0 Å². The Kier molecular flexibility index (Phi) is 16.2. The molecule has 23 aromatic rings. The molecule has 24 rings (SSSR count). The van der Waals surface area contributed by atoms with E-state index in [1.807, 2.05) is 25.3 Å². The maximum Gasteiger partial charge on any atom is 0.138 e. The van der Waals surface area contributed by atoms with Gasteiger partial charge in [-0.2, -0.15) is 0 Å². The number of furan rings is 2. The predicted octanol–water partition coefficient (Wildman–Crippen LogP) is 29.0. The van der Waals surface area contributed by atoms with Gasteiger partial charge in [0.15, 0.2) is 0 Å². The van der Waals surface area contributed by atoms with Gasteiger partial charge in [0.1, 0.15) is 22.3 Å². The summed E-state index contributed by atoms with van der Waals surface area (Å²) in [6.07, 6.45) is 10.00.